The molecule has 1 saturated heterocycles. The summed E-state index contributed by atoms with van der Waals surface area (Å²) in [6.07, 6.45) is 3.68. The van der Waals surface area contributed by atoms with Gasteiger partial charge in [0, 0.05) is 6.07 Å². The van der Waals surface area contributed by atoms with Crippen LogP contribution in [-0.2, 0) is 6.54 Å². The van der Waals surface area contributed by atoms with E-state index in [1.807, 2.05) is 0 Å². The van der Waals surface area contributed by atoms with E-state index in [0.717, 1.165) is 13.1 Å². The van der Waals surface area contributed by atoms with Crippen LogP contribution in [0.5, 0.6) is 5.75 Å². The van der Waals surface area contributed by atoms with Gasteiger partial charge < -0.3 is 9.52 Å². The minimum Gasteiger partial charge on any atom is -0.502 e. The lowest BCUT2D eigenvalue weighted by atomic mass is 10.3. The maximum atomic E-state index is 11.1. The molecule has 0 bridgehead atoms. The maximum absolute atomic E-state index is 11.1. The second kappa shape index (κ2) is 3.84. The van der Waals surface area contributed by atoms with Gasteiger partial charge in [-0.2, -0.15) is 0 Å². The van der Waals surface area contributed by atoms with Crippen LogP contribution in [0.2, 0.25) is 0 Å². The molecule has 1 N–H and O–H groups in total. The van der Waals surface area contributed by atoms with E-state index in [-0.39, 0.29) is 11.2 Å². The zero-order chi connectivity index (χ0) is 9.97. The highest BCUT2D eigenvalue weighted by Gasteiger charge is 2.16. The molecule has 4 heteroatoms. The molecule has 0 amide bonds. The number of hydrogen-bond acceptors (Lipinski definition) is 4. The standard InChI is InChI=1S/C10H13NO3/c12-8-3-6-14-9(10(8)13)7-11-4-1-2-5-11/h3,6,13H,1-2,4-5,7H2. The van der Waals surface area contributed by atoms with Crippen LogP contribution in [0, 0.1) is 0 Å². The lowest BCUT2D eigenvalue weighted by molar-refractivity contribution is 0.279. The first kappa shape index (κ1) is 9.27. The van der Waals surface area contributed by atoms with E-state index in [0.29, 0.717) is 12.3 Å². The fraction of sp³-hybridized carbons (Fsp3) is 0.500. The van der Waals surface area contributed by atoms with Crippen LogP contribution in [0.1, 0.15) is 18.6 Å². The molecule has 14 heavy (non-hydrogen) atoms. The van der Waals surface area contributed by atoms with Crippen molar-refractivity contribution in [1.29, 1.82) is 0 Å². The van der Waals surface area contributed by atoms with Crippen LogP contribution in [0.3, 0.4) is 0 Å². The van der Waals surface area contributed by atoms with Crippen molar-refractivity contribution in [2.45, 2.75) is 19.4 Å². The number of aromatic hydroxyl groups is 1. The van der Waals surface area contributed by atoms with Gasteiger partial charge in [-0.05, 0) is 25.9 Å². The summed E-state index contributed by atoms with van der Waals surface area (Å²) in [5.41, 5.74) is -0.370. The summed E-state index contributed by atoms with van der Waals surface area (Å²) in [7, 11) is 0. The summed E-state index contributed by atoms with van der Waals surface area (Å²) in [5, 5.41) is 9.42. The first-order valence-electron chi connectivity index (χ1n) is 4.79. The normalized spacial score (nSPS) is 17.4. The number of likely N-dealkylation sites (tertiary alicyclic amines) is 1. The molecule has 4 nitrogen and oxygen atoms in total. The van der Waals surface area contributed by atoms with Gasteiger partial charge in [-0.15, -0.1) is 0 Å². The van der Waals surface area contributed by atoms with E-state index in [9.17, 15) is 9.90 Å². The Kier molecular flexibility index (Phi) is 2.54. The molecule has 2 rings (SSSR count). The van der Waals surface area contributed by atoms with Crippen molar-refractivity contribution in [3.63, 3.8) is 0 Å². The number of hydrogen-bond donors (Lipinski definition) is 1. The van der Waals surface area contributed by atoms with Crippen LogP contribution in [0.4, 0.5) is 0 Å². The molecule has 76 valence electrons. The average Bonchev–Trinajstić information content (AvgIpc) is 2.66. The third kappa shape index (κ3) is 1.80. The molecular weight excluding hydrogens is 182 g/mol. The fourth-order valence-electron chi connectivity index (χ4n) is 1.71. The van der Waals surface area contributed by atoms with Crippen molar-refractivity contribution >= 4 is 0 Å². The fourth-order valence-corrected chi connectivity index (χ4v) is 1.71. The first-order valence-corrected chi connectivity index (χ1v) is 4.79. The van der Waals surface area contributed by atoms with E-state index in [2.05, 4.69) is 4.90 Å². The molecule has 1 aliphatic heterocycles. The highest BCUT2D eigenvalue weighted by atomic mass is 16.4. The average molecular weight is 195 g/mol. The van der Waals surface area contributed by atoms with Gasteiger partial charge in [-0.25, -0.2) is 0 Å². The lowest BCUT2D eigenvalue weighted by Gasteiger charge is -2.13. The molecule has 1 fully saturated rings. The molecule has 0 spiro atoms. The van der Waals surface area contributed by atoms with Gasteiger partial charge >= 0.3 is 0 Å². The highest BCUT2D eigenvalue weighted by molar-refractivity contribution is 5.22. The molecule has 0 aliphatic carbocycles. The lowest BCUT2D eigenvalue weighted by Crippen LogP contribution is -2.19. The van der Waals surface area contributed by atoms with E-state index in [1.165, 1.54) is 25.2 Å². The second-order valence-corrected chi connectivity index (χ2v) is 3.54. The highest BCUT2D eigenvalue weighted by Crippen LogP contribution is 2.16. The summed E-state index contributed by atoms with van der Waals surface area (Å²) in [6.45, 7) is 2.55. The van der Waals surface area contributed by atoms with E-state index in [4.69, 9.17) is 4.42 Å². The van der Waals surface area contributed by atoms with Gasteiger partial charge in [0.25, 0.3) is 0 Å². The Morgan fingerprint density at radius 1 is 1.43 bits per heavy atom. The van der Waals surface area contributed by atoms with Crippen LogP contribution >= 0.6 is 0 Å². The van der Waals surface area contributed by atoms with Gasteiger partial charge in [0.05, 0.1) is 12.8 Å². The molecule has 0 aromatic carbocycles. The van der Waals surface area contributed by atoms with Crippen molar-refractivity contribution in [2.75, 3.05) is 13.1 Å². The Morgan fingerprint density at radius 2 is 2.14 bits per heavy atom. The predicted octanol–water partition coefficient (Wildman–Crippen LogP) is 0.941. The van der Waals surface area contributed by atoms with Gasteiger partial charge in [0.2, 0.25) is 11.2 Å². The summed E-state index contributed by atoms with van der Waals surface area (Å²) in [4.78, 5) is 13.2. The van der Waals surface area contributed by atoms with Gasteiger partial charge in [-0.3, -0.25) is 9.69 Å². The third-order valence-corrected chi connectivity index (χ3v) is 2.49. The Labute approximate surface area is 81.8 Å². The summed E-state index contributed by atoms with van der Waals surface area (Å²) in [5.74, 6) is 0.124. The van der Waals surface area contributed by atoms with E-state index < -0.39 is 0 Å². The third-order valence-electron chi connectivity index (χ3n) is 2.49. The summed E-state index contributed by atoms with van der Waals surface area (Å²) < 4.78 is 5.11. The largest absolute Gasteiger partial charge is 0.502 e. The molecule has 0 saturated carbocycles. The van der Waals surface area contributed by atoms with Crippen molar-refractivity contribution in [3.05, 3.63) is 28.3 Å². The Bertz CT molecular complexity index is 366. The second-order valence-electron chi connectivity index (χ2n) is 3.54. The summed E-state index contributed by atoms with van der Waals surface area (Å²) in [6, 6.07) is 1.23. The van der Waals surface area contributed by atoms with Gasteiger partial charge in [0.15, 0.2) is 5.76 Å². The van der Waals surface area contributed by atoms with Crippen LogP contribution in [-0.4, -0.2) is 23.1 Å². The first-order chi connectivity index (χ1) is 6.77. The zero-order valence-electron chi connectivity index (χ0n) is 7.90. The smallest absolute Gasteiger partial charge is 0.226 e. The minimum absolute atomic E-state index is 0.251. The van der Waals surface area contributed by atoms with Crippen molar-refractivity contribution < 1.29 is 9.52 Å². The van der Waals surface area contributed by atoms with Gasteiger partial charge in [0.1, 0.15) is 0 Å². The quantitative estimate of drug-likeness (QED) is 0.763. The maximum Gasteiger partial charge on any atom is 0.226 e. The van der Waals surface area contributed by atoms with E-state index in [1.54, 1.807) is 0 Å². The Hall–Kier alpha value is -1.29. The Balaban J connectivity index is 2.15. The van der Waals surface area contributed by atoms with Crippen molar-refractivity contribution in [2.24, 2.45) is 0 Å². The molecule has 1 aliphatic rings. The SMILES string of the molecule is O=c1ccoc(CN2CCCC2)c1O. The van der Waals surface area contributed by atoms with Crippen molar-refractivity contribution in [3.8, 4) is 5.75 Å². The molecule has 1 aromatic rings. The van der Waals surface area contributed by atoms with Crippen LogP contribution < -0.4 is 5.43 Å². The molecule has 0 atom stereocenters. The number of nitrogens with zero attached hydrogens (tertiary/aromatic N) is 1. The Morgan fingerprint density at radius 3 is 2.86 bits per heavy atom. The molecule has 0 unspecified atom stereocenters. The molecule has 1 aromatic heterocycles. The molecular formula is C10H13NO3. The number of rotatable bonds is 2. The van der Waals surface area contributed by atoms with Crippen molar-refractivity contribution in [1.82, 2.24) is 4.90 Å². The van der Waals surface area contributed by atoms with Crippen LogP contribution in [0.15, 0.2) is 21.5 Å². The predicted molar refractivity (Wildman–Crippen MR) is 51.2 cm³/mol. The minimum atomic E-state index is -0.370. The monoisotopic (exact) mass is 195 g/mol. The molecule has 0 radical (unpaired) electrons. The zero-order valence-corrected chi connectivity index (χ0v) is 7.90. The molecule has 2 heterocycles. The van der Waals surface area contributed by atoms with Gasteiger partial charge in [-0.1, -0.05) is 0 Å². The van der Waals surface area contributed by atoms with Crippen LogP contribution in [0.25, 0.3) is 0 Å². The topological polar surface area (TPSA) is 53.7 Å². The summed E-state index contributed by atoms with van der Waals surface area (Å²) >= 11 is 0. The van der Waals surface area contributed by atoms with E-state index >= 15 is 0 Å².